The summed E-state index contributed by atoms with van der Waals surface area (Å²) in [5.41, 5.74) is 0. The maximum absolute atomic E-state index is 12.8. The number of halogens is 2. The van der Waals surface area contributed by atoms with Crippen LogP contribution in [0.15, 0.2) is 18.5 Å². The van der Waals surface area contributed by atoms with E-state index in [1.165, 1.54) is 24.2 Å². The van der Waals surface area contributed by atoms with Crippen LogP contribution in [0, 0.1) is 5.92 Å². The molecule has 0 aromatic carbocycles. The van der Waals surface area contributed by atoms with Gasteiger partial charge in [-0.1, -0.05) is 0 Å². The van der Waals surface area contributed by atoms with Gasteiger partial charge in [-0.2, -0.15) is 4.31 Å². The predicted octanol–water partition coefficient (Wildman–Crippen LogP) is 3.43. The summed E-state index contributed by atoms with van der Waals surface area (Å²) >= 11 is 8.13. The molecule has 1 N–H and O–H groups in total. The van der Waals surface area contributed by atoms with Crippen LogP contribution >= 0.6 is 43.2 Å². The molecular weight excluding hydrogens is 440 g/mol. The van der Waals surface area contributed by atoms with Crippen LogP contribution in [0.5, 0.6) is 0 Å². The molecule has 8 heteroatoms. The Labute approximate surface area is 146 Å². The van der Waals surface area contributed by atoms with Crippen molar-refractivity contribution in [3.8, 4) is 0 Å². The monoisotopic (exact) mass is 456 g/mol. The second kappa shape index (κ2) is 6.57. The molecule has 0 radical (unpaired) electrons. The highest BCUT2D eigenvalue weighted by atomic mass is 79.9. The Morgan fingerprint density at radius 2 is 2.10 bits per heavy atom. The van der Waals surface area contributed by atoms with E-state index >= 15 is 0 Å². The number of piperidine rings is 1. The lowest BCUT2D eigenvalue weighted by Crippen LogP contribution is -2.45. The molecule has 0 bridgehead atoms. The zero-order chi connectivity index (χ0) is 15.0. The summed E-state index contributed by atoms with van der Waals surface area (Å²) in [6.45, 7) is 2.34. The number of hydrogen-bond acceptors (Lipinski definition) is 4. The van der Waals surface area contributed by atoms with Crippen LogP contribution in [-0.4, -0.2) is 38.4 Å². The Hall–Kier alpha value is 0.530. The fourth-order valence-corrected chi connectivity index (χ4v) is 8.57. The maximum atomic E-state index is 12.8. The molecule has 1 aromatic heterocycles. The van der Waals surface area contributed by atoms with Crippen LogP contribution in [0.2, 0.25) is 0 Å². The molecule has 0 spiro atoms. The van der Waals surface area contributed by atoms with E-state index in [4.69, 9.17) is 0 Å². The third-order valence-corrected chi connectivity index (χ3v) is 8.95. The predicted molar refractivity (Wildman–Crippen MR) is 92.2 cm³/mol. The molecule has 3 heterocycles. The van der Waals surface area contributed by atoms with Crippen molar-refractivity contribution in [2.24, 2.45) is 5.92 Å². The number of sulfonamides is 1. The van der Waals surface area contributed by atoms with Crippen molar-refractivity contribution >= 4 is 53.2 Å². The van der Waals surface area contributed by atoms with Crippen molar-refractivity contribution in [2.75, 3.05) is 19.6 Å². The highest BCUT2D eigenvalue weighted by molar-refractivity contribution is 9.12. The van der Waals surface area contributed by atoms with Gasteiger partial charge in [-0.15, -0.1) is 11.3 Å². The first-order valence-electron chi connectivity index (χ1n) is 7.17. The Morgan fingerprint density at radius 1 is 1.29 bits per heavy atom. The van der Waals surface area contributed by atoms with E-state index in [1.54, 1.807) is 10.4 Å². The van der Waals surface area contributed by atoms with Gasteiger partial charge in [0.2, 0.25) is 10.0 Å². The molecule has 0 amide bonds. The van der Waals surface area contributed by atoms with E-state index in [1.807, 2.05) is 0 Å². The lowest BCUT2D eigenvalue weighted by atomic mass is 9.91. The molecule has 2 saturated heterocycles. The Morgan fingerprint density at radius 3 is 2.71 bits per heavy atom. The Kier molecular flexibility index (Phi) is 5.13. The van der Waals surface area contributed by atoms with E-state index in [2.05, 4.69) is 37.2 Å². The largest absolute Gasteiger partial charge is 0.314 e. The summed E-state index contributed by atoms with van der Waals surface area (Å²) in [5.74, 6) is 0.442. The highest BCUT2D eigenvalue weighted by Crippen LogP contribution is 2.37. The first-order valence-corrected chi connectivity index (χ1v) is 11.0. The van der Waals surface area contributed by atoms with E-state index < -0.39 is 10.0 Å². The molecule has 2 fully saturated rings. The lowest BCUT2D eigenvalue weighted by molar-refractivity contribution is 0.226. The quantitative estimate of drug-likeness (QED) is 0.756. The van der Waals surface area contributed by atoms with Crippen molar-refractivity contribution < 1.29 is 8.42 Å². The van der Waals surface area contributed by atoms with Crippen molar-refractivity contribution in [1.82, 2.24) is 9.62 Å². The molecular formula is C13H18Br2N2O2S2. The van der Waals surface area contributed by atoms with Gasteiger partial charge in [0.1, 0.15) is 4.90 Å². The van der Waals surface area contributed by atoms with Gasteiger partial charge >= 0.3 is 0 Å². The summed E-state index contributed by atoms with van der Waals surface area (Å²) in [7, 11) is -3.40. The zero-order valence-corrected chi connectivity index (χ0v) is 16.3. The third kappa shape index (κ3) is 3.40. The van der Waals surface area contributed by atoms with Crippen LogP contribution in [0.25, 0.3) is 0 Å². The van der Waals surface area contributed by atoms with Crippen LogP contribution in [0.4, 0.5) is 0 Å². The van der Waals surface area contributed by atoms with E-state index in [-0.39, 0.29) is 0 Å². The normalized spacial score (nSPS) is 28.1. The van der Waals surface area contributed by atoms with Gasteiger partial charge in [-0.3, -0.25) is 0 Å². The summed E-state index contributed by atoms with van der Waals surface area (Å²) < 4.78 is 28.9. The molecule has 3 rings (SSSR count). The second-order valence-electron chi connectivity index (χ2n) is 5.66. The summed E-state index contributed by atoms with van der Waals surface area (Å²) in [6.07, 6.45) is 4.45. The number of nitrogens with zero attached hydrogens (tertiary/aromatic N) is 1. The van der Waals surface area contributed by atoms with Gasteiger partial charge in [0.05, 0.1) is 7.57 Å². The van der Waals surface area contributed by atoms with Crippen LogP contribution in [0.3, 0.4) is 0 Å². The smallest absolute Gasteiger partial charge is 0.245 e. The molecule has 118 valence electrons. The molecule has 2 aliphatic rings. The van der Waals surface area contributed by atoms with Crippen LogP contribution < -0.4 is 5.32 Å². The fraction of sp³-hybridized carbons (Fsp3) is 0.692. The molecule has 2 atom stereocenters. The molecule has 0 saturated carbocycles. The average Bonchev–Trinajstić information content (AvgIpc) is 3.09. The van der Waals surface area contributed by atoms with Gasteiger partial charge in [0, 0.05) is 19.1 Å². The van der Waals surface area contributed by atoms with Gasteiger partial charge < -0.3 is 5.32 Å². The lowest BCUT2D eigenvalue weighted by Gasteiger charge is -2.34. The van der Waals surface area contributed by atoms with E-state index in [9.17, 15) is 8.42 Å². The molecule has 2 unspecified atom stereocenters. The number of thiophene rings is 1. The standard InChI is InChI=1S/C13H18Br2N2O2S2/c14-12-7-11(13(15)20-12)21(18,19)17-6-2-3-9(8-17)10-4-1-5-16-10/h7,9-10,16H,1-6,8H2. The minimum Gasteiger partial charge on any atom is -0.314 e. The second-order valence-corrected chi connectivity index (χ2v) is 11.3. The van der Waals surface area contributed by atoms with Crippen molar-refractivity contribution in [3.05, 3.63) is 13.6 Å². The van der Waals surface area contributed by atoms with Crippen LogP contribution in [0.1, 0.15) is 25.7 Å². The number of nitrogens with one attached hydrogen (secondary N) is 1. The highest BCUT2D eigenvalue weighted by Gasteiger charge is 2.35. The molecule has 4 nitrogen and oxygen atoms in total. The van der Waals surface area contributed by atoms with Crippen molar-refractivity contribution in [2.45, 2.75) is 36.6 Å². The first-order chi connectivity index (χ1) is 9.98. The summed E-state index contributed by atoms with van der Waals surface area (Å²) in [6, 6.07) is 2.18. The first kappa shape index (κ1) is 16.4. The Balaban J connectivity index is 1.80. The van der Waals surface area contributed by atoms with Crippen molar-refractivity contribution in [1.29, 1.82) is 0 Å². The van der Waals surface area contributed by atoms with Gasteiger partial charge in [-0.05, 0) is 76.1 Å². The molecule has 21 heavy (non-hydrogen) atoms. The van der Waals surface area contributed by atoms with E-state index in [0.717, 1.165) is 23.2 Å². The van der Waals surface area contributed by atoms with Gasteiger partial charge in [-0.25, -0.2) is 8.42 Å². The summed E-state index contributed by atoms with van der Waals surface area (Å²) in [5, 5.41) is 3.52. The molecule has 2 aliphatic heterocycles. The summed E-state index contributed by atoms with van der Waals surface area (Å²) in [4.78, 5) is 0.388. The minimum atomic E-state index is -3.40. The molecule has 1 aromatic rings. The zero-order valence-electron chi connectivity index (χ0n) is 11.5. The Bertz CT molecular complexity index is 612. The number of rotatable bonds is 3. The van der Waals surface area contributed by atoms with Crippen LogP contribution in [-0.2, 0) is 10.0 Å². The average molecular weight is 458 g/mol. The van der Waals surface area contributed by atoms with Gasteiger partial charge in [0.25, 0.3) is 0 Å². The van der Waals surface area contributed by atoms with E-state index in [0.29, 0.717) is 33.7 Å². The maximum Gasteiger partial charge on any atom is 0.245 e. The van der Waals surface area contributed by atoms with Crippen molar-refractivity contribution in [3.63, 3.8) is 0 Å². The number of hydrogen-bond donors (Lipinski definition) is 1. The SMILES string of the molecule is O=S(=O)(c1cc(Br)sc1Br)N1CCCC(C2CCCN2)C1. The molecule has 0 aliphatic carbocycles. The fourth-order valence-electron chi connectivity index (χ4n) is 3.27. The minimum absolute atomic E-state index is 0.388. The topological polar surface area (TPSA) is 49.4 Å². The van der Waals surface area contributed by atoms with Gasteiger partial charge in [0.15, 0.2) is 0 Å². The third-order valence-electron chi connectivity index (χ3n) is 4.33.